The number of aldehydes is 1. The summed E-state index contributed by atoms with van der Waals surface area (Å²) in [5, 5.41) is 4.55. The highest BCUT2D eigenvalue weighted by atomic mass is 32.1. The largest absolute Gasteiger partial charge is 0.497 e. The van der Waals surface area contributed by atoms with Gasteiger partial charge in [0.25, 0.3) is 0 Å². The minimum Gasteiger partial charge on any atom is -0.497 e. The van der Waals surface area contributed by atoms with Gasteiger partial charge in [-0.3, -0.25) is 4.79 Å². The third kappa shape index (κ3) is 2.60. The van der Waals surface area contributed by atoms with Crippen LogP contribution in [-0.2, 0) is 0 Å². The fraction of sp³-hybridized carbons (Fsp3) is 0.125. The van der Waals surface area contributed by atoms with Crippen LogP contribution in [0.25, 0.3) is 16.3 Å². The van der Waals surface area contributed by atoms with E-state index in [1.807, 2.05) is 43.3 Å². The molecule has 0 aliphatic heterocycles. The van der Waals surface area contributed by atoms with E-state index >= 15 is 0 Å². The van der Waals surface area contributed by atoms with Crippen LogP contribution in [0.1, 0.15) is 15.2 Å². The summed E-state index contributed by atoms with van der Waals surface area (Å²) < 4.78 is 6.92. The lowest BCUT2D eigenvalue weighted by Gasteiger charge is -2.03. The summed E-state index contributed by atoms with van der Waals surface area (Å²) in [6.45, 7) is 2.04. The topological polar surface area (TPSA) is 44.1 Å². The van der Waals surface area contributed by atoms with Crippen molar-refractivity contribution in [2.24, 2.45) is 0 Å². The van der Waals surface area contributed by atoms with Gasteiger partial charge < -0.3 is 4.74 Å². The number of carbonyl (C=O) groups excluding carboxylic acids is 1. The van der Waals surface area contributed by atoms with E-state index in [-0.39, 0.29) is 0 Å². The second-order valence-corrected chi connectivity index (χ2v) is 5.90. The Kier molecular flexibility index (Phi) is 3.58. The Bertz CT molecular complexity index is 789. The highest BCUT2D eigenvalue weighted by Crippen LogP contribution is 2.29. The molecule has 0 N–H and O–H groups in total. The van der Waals surface area contributed by atoms with Gasteiger partial charge in [-0.25, -0.2) is 4.68 Å². The minimum atomic E-state index is 0.583. The maximum Gasteiger partial charge on any atom is 0.153 e. The number of thiophene rings is 1. The Morgan fingerprint density at radius 2 is 2.14 bits per heavy atom. The first kappa shape index (κ1) is 13.6. The predicted octanol–water partition coefficient (Wildman–Crippen LogP) is 3.73. The van der Waals surface area contributed by atoms with Crippen molar-refractivity contribution in [1.82, 2.24) is 9.78 Å². The van der Waals surface area contributed by atoms with E-state index in [0.717, 1.165) is 22.6 Å². The van der Waals surface area contributed by atoms with Gasteiger partial charge in [-0.2, -0.15) is 5.10 Å². The third-order valence-corrected chi connectivity index (χ3v) is 4.17. The van der Waals surface area contributed by atoms with Gasteiger partial charge in [-0.05, 0) is 31.2 Å². The zero-order chi connectivity index (χ0) is 14.8. The molecule has 0 spiro atoms. The van der Waals surface area contributed by atoms with Crippen LogP contribution < -0.4 is 4.74 Å². The van der Waals surface area contributed by atoms with Gasteiger partial charge >= 0.3 is 0 Å². The second-order valence-electron chi connectivity index (χ2n) is 4.61. The summed E-state index contributed by atoms with van der Waals surface area (Å²) in [4.78, 5) is 13.5. The van der Waals surface area contributed by atoms with Crippen molar-refractivity contribution in [2.75, 3.05) is 7.11 Å². The van der Waals surface area contributed by atoms with E-state index in [1.165, 1.54) is 4.88 Å². The lowest BCUT2D eigenvalue weighted by Crippen LogP contribution is -1.95. The van der Waals surface area contributed by atoms with Gasteiger partial charge in [0.1, 0.15) is 11.4 Å². The molecule has 0 aliphatic rings. The van der Waals surface area contributed by atoms with Crippen LogP contribution in [0.4, 0.5) is 0 Å². The fourth-order valence-electron chi connectivity index (χ4n) is 2.11. The summed E-state index contributed by atoms with van der Waals surface area (Å²) in [5.74, 6) is 0.754. The van der Waals surface area contributed by atoms with Crippen molar-refractivity contribution in [1.29, 1.82) is 0 Å². The third-order valence-electron chi connectivity index (χ3n) is 3.16. The lowest BCUT2D eigenvalue weighted by molar-refractivity contribution is 0.112. The molecule has 0 radical (unpaired) electrons. The predicted molar refractivity (Wildman–Crippen MR) is 83.6 cm³/mol. The van der Waals surface area contributed by atoms with Gasteiger partial charge in [0.2, 0.25) is 0 Å². The maximum absolute atomic E-state index is 11.3. The van der Waals surface area contributed by atoms with E-state index < -0.39 is 0 Å². The number of rotatable bonds is 4. The van der Waals surface area contributed by atoms with Crippen LogP contribution in [0, 0.1) is 6.92 Å². The molecule has 21 heavy (non-hydrogen) atoms. The monoisotopic (exact) mass is 298 g/mol. The Hall–Kier alpha value is -2.40. The molecule has 0 amide bonds. The summed E-state index contributed by atoms with van der Waals surface area (Å²) in [7, 11) is 1.62. The average Bonchev–Trinajstić information content (AvgIpc) is 3.13. The highest BCUT2D eigenvalue weighted by molar-refractivity contribution is 7.15. The molecule has 3 aromatic rings. The van der Waals surface area contributed by atoms with E-state index in [0.29, 0.717) is 11.3 Å². The van der Waals surface area contributed by atoms with Gasteiger partial charge in [-0.15, -0.1) is 11.3 Å². The smallest absolute Gasteiger partial charge is 0.153 e. The number of hydrogen-bond donors (Lipinski definition) is 0. The lowest BCUT2D eigenvalue weighted by atomic mass is 10.2. The molecule has 0 saturated heterocycles. The van der Waals surface area contributed by atoms with Crippen molar-refractivity contribution >= 4 is 17.6 Å². The molecule has 0 fully saturated rings. The number of carbonyl (C=O) groups is 1. The molecule has 0 saturated carbocycles. The van der Waals surface area contributed by atoms with Crippen molar-refractivity contribution in [3.63, 3.8) is 0 Å². The zero-order valence-electron chi connectivity index (χ0n) is 11.7. The number of methoxy groups -OCH3 is 1. The molecule has 0 unspecified atom stereocenters. The molecule has 5 heteroatoms. The Morgan fingerprint density at radius 1 is 1.29 bits per heavy atom. The summed E-state index contributed by atoms with van der Waals surface area (Å²) in [6.07, 6.45) is 2.58. The van der Waals surface area contributed by atoms with E-state index in [9.17, 15) is 4.79 Å². The van der Waals surface area contributed by atoms with Crippen LogP contribution >= 0.6 is 11.3 Å². The van der Waals surface area contributed by atoms with E-state index in [2.05, 4.69) is 5.10 Å². The first-order valence-corrected chi connectivity index (χ1v) is 7.29. The summed E-state index contributed by atoms with van der Waals surface area (Å²) in [6, 6.07) is 11.6. The molecule has 3 rings (SSSR count). The second kappa shape index (κ2) is 5.54. The zero-order valence-corrected chi connectivity index (χ0v) is 12.6. The fourth-order valence-corrected chi connectivity index (χ4v) is 2.99. The SMILES string of the molecule is COc1cccc(-n2cc(C=O)c(-c3ccc(C)s3)n2)c1. The molecular formula is C16H14N2O2S. The average molecular weight is 298 g/mol. The van der Waals surface area contributed by atoms with Crippen molar-refractivity contribution < 1.29 is 9.53 Å². The molecule has 0 bridgehead atoms. The maximum atomic E-state index is 11.3. The van der Waals surface area contributed by atoms with Crippen LogP contribution in [0.2, 0.25) is 0 Å². The number of benzene rings is 1. The Labute approximate surface area is 126 Å². The molecule has 2 aromatic heterocycles. The van der Waals surface area contributed by atoms with Crippen LogP contribution in [0.3, 0.4) is 0 Å². The normalized spacial score (nSPS) is 10.6. The molecule has 0 aliphatic carbocycles. The van der Waals surface area contributed by atoms with Crippen molar-refractivity contribution in [3.05, 3.63) is 53.0 Å². The van der Waals surface area contributed by atoms with Gasteiger partial charge in [0, 0.05) is 17.1 Å². The summed E-state index contributed by atoms with van der Waals surface area (Å²) in [5.41, 5.74) is 2.16. The Balaban J connectivity index is 2.08. The number of nitrogens with zero attached hydrogens (tertiary/aromatic N) is 2. The van der Waals surface area contributed by atoms with Gasteiger partial charge in [0.15, 0.2) is 6.29 Å². The van der Waals surface area contributed by atoms with E-state index in [4.69, 9.17) is 4.74 Å². The van der Waals surface area contributed by atoms with Gasteiger partial charge in [-0.1, -0.05) is 6.07 Å². The number of aromatic nitrogens is 2. The summed E-state index contributed by atoms with van der Waals surface area (Å²) >= 11 is 1.63. The number of ether oxygens (including phenoxy) is 1. The first-order valence-electron chi connectivity index (χ1n) is 6.47. The first-order chi connectivity index (χ1) is 10.2. The molecule has 4 nitrogen and oxygen atoms in total. The minimum absolute atomic E-state index is 0.583. The molecular weight excluding hydrogens is 284 g/mol. The molecule has 2 heterocycles. The van der Waals surface area contributed by atoms with Crippen LogP contribution in [0.5, 0.6) is 5.75 Å². The van der Waals surface area contributed by atoms with Crippen LogP contribution in [-0.4, -0.2) is 23.2 Å². The molecule has 1 aromatic carbocycles. The standard InChI is InChI=1S/C16H14N2O2S/c1-11-6-7-15(21-11)16-12(10-19)9-18(17-16)13-4-3-5-14(8-13)20-2/h3-10H,1-2H3. The number of aryl methyl sites for hydroxylation is 1. The van der Waals surface area contributed by atoms with Crippen molar-refractivity contribution in [3.8, 4) is 22.0 Å². The van der Waals surface area contributed by atoms with Crippen molar-refractivity contribution in [2.45, 2.75) is 6.92 Å². The molecule has 106 valence electrons. The van der Waals surface area contributed by atoms with E-state index in [1.54, 1.807) is 29.3 Å². The van der Waals surface area contributed by atoms with Crippen LogP contribution in [0.15, 0.2) is 42.6 Å². The quantitative estimate of drug-likeness (QED) is 0.689. The Morgan fingerprint density at radius 3 is 2.81 bits per heavy atom. The van der Waals surface area contributed by atoms with Gasteiger partial charge in [0.05, 0.1) is 23.2 Å². The number of hydrogen-bond acceptors (Lipinski definition) is 4. The molecule has 0 atom stereocenters. The highest BCUT2D eigenvalue weighted by Gasteiger charge is 2.13.